The Bertz CT molecular complexity index is 1180. The highest BCUT2D eigenvalue weighted by molar-refractivity contribution is 5.86. The van der Waals surface area contributed by atoms with Crippen LogP contribution in [0, 0.1) is 11.8 Å². The largest absolute Gasteiger partial charge is 0.449 e. The molecule has 0 unspecified atom stereocenters. The highest BCUT2D eigenvalue weighted by Gasteiger charge is 2.29. The molecule has 0 bridgehead atoms. The topological polar surface area (TPSA) is 138 Å². The number of isocyanates is 1. The van der Waals surface area contributed by atoms with Gasteiger partial charge in [0, 0.05) is 5.92 Å². The van der Waals surface area contributed by atoms with Gasteiger partial charge >= 0.3 is 12.1 Å². The van der Waals surface area contributed by atoms with Gasteiger partial charge < -0.3 is 26.0 Å². The minimum absolute atomic E-state index is 0.0939. The Morgan fingerprint density at radius 2 is 1.46 bits per heavy atom. The molecule has 4 amide bonds. The second kappa shape index (κ2) is 13.6. The number of ether oxygens (including phenoxy) is 1. The van der Waals surface area contributed by atoms with Crippen molar-refractivity contribution in [3.8, 4) is 11.1 Å². The third-order valence-corrected chi connectivity index (χ3v) is 6.50. The summed E-state index contributed by atoms with van der Waals surface area (Å²) in [7, 11) is 0. The normalized spacial score (nSPS) is 14.3. The molecule has 208 valence electrons. The van der Waals surface area contributed by atoms with Crippen molar-refractivity contribution in [2.24, 2.45) is 16.8 Å². The third kappa shape index (κ3) is 7.91. The van der Waals surface area contributed by atoms with Crippen LogP contribution in [-0.2, 0) is 14.3 Å². The summed E-state index contributed by atoms with van der Waals surface area (Å²) in [6.45, 7) is 9.17. The standard InChI is InChI=1S/C29H37N5O5/c1-17(2)14-25(33-28(37)34-26(18(3)4)30-16-35)32-27(36)19(5)31-29(38)39-15-24-22-12-8-6-10-20(22)21-11-7-9-13-23(21)24/h6-13,17-19,24-26H,14-15H2,1-5H3,(H,31,38)(H,32,36)(H2,33,34,37)/t19-,25+,26-/m0/s1. The van der Waals surface area contributed by atoms with Gasteiger partial charge in [0.05, 0.1) is 0 Å². The average molecular weight is 536 g/mol. The van der Waals surface area contributed by atoms with E-state index in [0.717, 1.165) is 22.3 Å². The number of hydrogen-bond acceptors (Lipinski definition) is 6. The van der Waals surface area contributed by atoms with E-state index < -0.39 is 36.4 Å². The smallest absolute Gasteiger partial charge is 0.407 e. The van der Waals surface area contributed by atoms with E-state index in [1.54, 1.807) is 13.8 Å². The van der Waals surface area contributed by atoms with Crippen LogP contribution in [0.15, 0.2) is 53.5 Å². The summed E-state index contributed by atoms with van der Waals surface area (Å²) in [5.74, 6) is -0.559. The van der Waals surface area contributed by atoms with Crippen LogP contribution >= 0.6 is 0 Å². The molecular weight excluding hydrogens is 498 g/mol. The first-order valence-corrected chi connectivity index (χ1v) is 13.2. The van der Waals surface area contributed by atoms with Gasteiger partial charge in [0.15, 0.2) is 0 Å². The van der Waals surface area contributed by atoms with Crippen LogP contribution in [0.4, 0.5) is 9.59 Å². The Morgan fingerprint density at radius 1 is 0.872 bits per heavy atom. The Kier molecular flexibility index (Phi) is 10.2. The van der Waals surface area contributed by atoms with E-state index in [4.69, 9.17) is 4.74 Å². The maximum absolute atomic E-state index is 12.8. The minimum Gasteiger partial charge on any atom is -0.449 e. The quantitative estimate of drug-likeness (QED) is 0.196. The lowest BCUT2D eigenvalue weighted by Crippen LogP contribution is -2.56. The van der Waals surface area contributed by atoms with Crippen LogP contribution < -0.4 is 21.3 Å². The van der Waals surface area contributed by atoms with Crippen molar-refractivity contribution >= 4 is 24.1 Å². The number of aliphatic imine (C=N–C) groups is 1. The molecule has 10 heteroatoms. The predicted molar refractivity (Wildman–Crippen MR) is 147 cm³/mol. The lowest BCUT2D eigenvalue weighted by Gasteiger charge is -2.25. The van der Waals surface area contributed by atoms with E-state index in [-0.39, 0.29) is 24.4 Å². The molecule has 1 aliphatic rings. The number of amides is 4. The van der Waals surface area contributed by atoms with Gasteiger partial charge in [0.1, 0.15) is 25.0 Å². The number of nitrogens with zero attached hydrogens (tertiary/aromatic N) is 1. The zero-order valence-corrected chi connectivity index (χ0v) is 23.0. The molecule has 0 aliphatic heterocycles. The second-order valence-electron chi connectivity index (χ2n) is 10.4. The fourth-order valence-corrected chi connectivity index (χ4v) is 4.54. The van der Waals surface area contributed by atoms with Crippen molar-refractivity contribution in [1.82, 2.24) is 21.3 Å². The summed E-state index contributed by atoms with van der Waals surface area (Å²) < 4.78 is 5.53. The average Bonchev–Trinajstić information content (AvgIpc) is 3.20. The Hall–Kier alpha value is -4.17. The molecule has 2 aromatic rings. The zero-order chi connectivity index (χ0) is 28.5. The SMILES string of the molecule is CC(C)C[C@@H](NC(=O)N[C@H](N=C=O)C(C)C)NC(=O)[C@H](C)NC(=O)OCC1c2ccccc2-c2ccccc21. The summed E-state index contributed by atoms with van der Waals surface area (Å²) in [4.78, 5) is 52.2. The van der Waals surface area contributed by atoms with Crippen LogP contribution in [0.2, 0.25) is 0 Å². The molecule has 3 rings (SSSR count). The van der Waals surface area contributed by atoms with Crippen molar-refractivity contribution < 1.29 is 23.9 Å². The maximum Gasteiger partial charge on any atom is 0.407 e. The lowest BCUT2D eigenvalue weighted by atomic mass is 9.98. The molecular formula is C29H37N5O5. The number of hydrogen-bond donors (Lipinski definition) is 4. The summed E-state index contributed by atoms with van der Waals surface area (Å²) in [5, 5.41) is 10.6. The molecule has 0 radical (unpaired) electrons. The van der Waals surface area contributed by atoms with Gasteiger partial charge in [-0.1, -0.05) is 76.2 Å². The van der Waals surface area contributed by atoms with Crippen molar-refractivity contribution in [2.45, 2.75) is 65.3 Å². The van der Waals surface area contributed by atoms with E-state index in [0.29, 0.717) is 6.42 Å². The maximum atomic E-state index is 12.8. The second-order valence-corrected chi connectivity index (χ2v) is 10.4. The molecule has 0 spiro atoms. The van der Waals surface area contributed by atoms with Crippen molar-refractivity contribution in [3.63, 3.8) is 0 Å². The molecule has 1 aliphatic carbocycles. The van der Waals surface area contributed by atoms with Gasteiger partial charge in [-0.2, -0.15) is 4.99 Å². The number of benzene rings is 2. The summed E-state index contributed by atoms with van der Waals surface area (Å²) in [6, 6.07) is 14.6. The van der Waals surface area contributed by atoms with Crippen LogP contribution in [0.5, 0.6) is 0 Å². The van der Waals surface area contributed by atoms with Crippen molar-refractivity contribution in [2.75, 3.05) is 6.61 Å². The molecule has 2 aromatic carbocycles. The fourth-order valence-electron chi connectivity index (χ4n) is 4.54. The van der Waals surface area contributed by atoms with E-state index in [2.05, 4.69) is 38.4 Å². The fraction of sp³-hybridized carbons (Fsp3) is 0.448. The van der Waals surface area contributed by atoms with Crippen LogP contribution in [0.25, 0.3) is 11.1 Å². The van der Waals surface area contributed by atoms with Crippen molar-refractivity contribution in [3.05, 3.63) is 59.7 Å². The Labute approximate surface area is 229 Å². The number of urea groups is 1. The number of alkyl carbamates (subject to hydrolysis) is 1. The van der Waals surface area contributed by atoms with Crippen LogP contribution in [0.1, 0.15) is 58.1 Å². The lowest BCUT2D eigenvalue weighted by molar-refractivity contribution is -0.123. The van der Waals surface area contributed by atoms with Gasteiger partial charge in [0.2, 0.25) is 12.0 Å². The number of nitrogens with one attached hydrogen (secondary N) is 4. The zero-order valence-electron chi connectivity index (χ0n) is 23.0. The number of rotatable bonds is 11. The third-order valence-electron chi connectivity index (χ3n) is 6.50. The molecule has 0 fully saturated rings. The van der Waals surface area contributed by atoms with Gasteiger partial charge in [-0.25, -0.2) is 14.4 Å². The Morgan fingerprint density at radius 3 is 2.00 bits per heavy atom. The number of carbonyl (C=O) groups is 3. The van der Waals surface area contributed by atoms with Crippen molar-refractivity contribution in [1.29, 1.82) is 0 Å². The van der Waals surface area contributed by atoms with E-state index >= 15 is 0 Å². The summed E-state index contributed by atoms with van der Waals surface area (Å²) >= 11 is 0. The molecule has 0 saturated carbocycles. The van der Waals surface area contributed by atoms with Gasteiger partial charge in [-0.05, 0) is 47.4 Å². The first-order valence-electron chi connectivity index (χ1n) is 13.2. The predicted octanol–water partition coefficient (Wildman–Crippen LogP) is 4.02. The molecule has 0 saturated heterocycles. The van der Waals surface area contributed by atoms with E-state index in [1.807, 2.05) is 50.2 Å². The van der Waals surface area contributed by atoms with E-state index in [9.17, 15) is 19.2 Å². The van der Waals surface area contributed by atoms with E-state index in [1.165, 1.54) is 13.0 Å². The summed E-state index contributed by atoms with van der Waals surface area (Å²) in [5.41, 5.74) is 4.44. The highest BCUT2D eigenvalue weighted by atomic mass is 16.5. The number of fused-ring (bicyclic) bond motifs is 3. The van der Waals surface area contributed by atoms with Gasteiger partial charge in [0.25, 0.3) is 0 Å². The summed E-state index contributed by atoms with van der Waals surface area (Å²) in [6.07, 6.45) is -0.267. The highest BCUT2D eigenvalue weighted by Crippen LogP contribution is 2.44. The van der Waals surface area contributed by atoms with Crippen LogP contribution in [-0.4, -0.2) is 49.1 Å². The molecule has 3 atom stereocenters. The molecule has 10 nitrogen and oxygen atoms in total. The first-order chi connectivity index (χ1) is 18.6. The van der Waals surface area contributed by atoms with Gasteiger partial charge in [-0.15, -0.1) is 0 Å². The monoisotopic (exact) mass is 535 g/mol. The minimum atomic E-state index is -0.914. The van der Waals surface area contributed by atoms with Crippen LogP contribution in [0.3, 0.4) is 0 Å². The molecule has 0 aromatic heterocycles. The molecule has 0 heterocycles. The molecule has 4 N–H and O–H groups in total. The molecule has 39 heavy (non-hydrogen) atoms. The van der Waals surface area contributed by atoms with Gasteiger partial charge in [-0.3, -0.25) is 4.79 Å². The number of carbonyl (C=O) groups excluding carboxylic acids is 4. The Balaban J connectivity index is 1.55. The first kappa shape index (κ1) is 29.4.